The maximum absolute atomic E-state index is 13.4. The lowest BCUT2D eigenvalue weighted by molar-refractivity contribution is -0.305. The number of hydrogen-bond donors (Lipinski definition) is 6. The largest absolute Gasteiger partial charge is 0.454 e. The summed E-state index contributed by atoms with van der Waals surface area (Å²) in [6.45, 7) is 5.78. The van der Waals surface area contributed by atoms with Crippen molar-refractivity contribution in [1.82, 2.24) is 5.32 Å². The van der Waals surface area contributed by atoms with Gasteiger partial charge in [0.1, 0.15) is 24.4 Å². The summed E-state index contributed by atoms with van der Waals surface area (Å²) in [5.41, 5.74) is 0. The van der Waals surface area contributed by atoms with E-state index in [0.29, 0.717) is 19.3 Å². The number of aliphatic hydroxyl groups is 5. The second-order valence-corrected chi connectivity index (χ2v) is 22.1. The normalized spacial score (nSPS) is 19.4. The van der Waals surface area contributed by atoms with Crippen molar-refractivity contribution in [2.45, 2.75) is 346 Å². The van der Waals surface area contributed by atoms with Crippen molar-refractivity contribution < 1.29 is 49.3 Å². The van der Waals surface area contributed by atoms with Crippen LogP contribution in [-0.4, -0.2) is 99.6 Å². The number of ether oxygens (including phenoxy) is 3. The Bertz CT molecular complexity index is 1360. The fraction of sp³-hybridized carbons (Fsp3) is 0.875. The second-order valence-electron chi connectivity index (χ2n) is 22.1. The van der Waals surface area contributed by atoms with Crippen LogP contribution in [0.3, 0.4) is 0 Å². The molecular weight excluding hydrogens is 943 g/mol. The molecule has 0 aromatic carbocycles. The van der Waals surface area contributed by atoms with Gasteiger partial charge < -0.3 is 45.1 Å². The Morgan fingerprint density at radius 3 is 1.36 bits per heavy atom. The van der Waals surface area contributed by atoms with E-state index in [-0.39, 0.29) is 13.0 Å². The first-order chi connectivity index (χ1) is 36.7. The molecule has 1 aliphatic heterocycles. The van der Waals surface area contributed by atoms with Crippen molar-refractivity contribution in [2.75, 3.05) is 13.2 Å². The number of nitrogens with one attached hydrogen (secondary N) is 1. The topological polar surface area (TPSA) is 175 Å². The summed E-state index contributed by atoms with van der Waals surface area (Å²) in [6.07, 6.45) is 52.0. The maximum Gasteiger partial charge on any atom is 0.306 e. The summed E-state index contributed by atoms with van der Waals surface area (Å²) in [5, 5.41) is 56.9. The average Bonchev–Trinajstić information content (AvgIpc) is 3.41. The van der Waals surface area contributed by atoms with E-state index in [1.807, 2.05) is 18.2 Å². The van der Waals surface area contributed by atoms with Crippen LogP contribution in [0.5, 0.6) is 0 Å². The zero-order valence-corrected chi connectivity index (χ0v) is 48.7. The monoisotopic (exact) mass is 1060 g/mol. The quantitative estimate of drug-likeness (QED) is 0.0195. The van der Waals surface area contributed by atoms with Crippen molar-refractivity contribution in [3.8, 4) is 0 Å². The Hall–Kier alpha value is -2.12. The average molecular weight is 1060 g/mol. The summed E-state index contributed by atoms with van der Waals surface area (Å²) in [4.78, 5) is 26.5. The number of rotatable bonds is 54. The predicted molar refractivity (Wildman–Crippen MR) is 311 cm³/mol. The first-order valence-electron chi connectivity index (χ1n) is 31.8. The van der Waals surface area contributed by atoms with Crippen LogP contribution in [0.15, 0.2) is 36.5 Å². The Kier molecular flexibility index (Phi) is 49.7. The molecule has 1 saturated heterocycles. The molecule has 0 radical (unpaired) electrons. The number of amides is 1. The molecule has 0 saturated carbocycles. The fourth-order valence-corrected chi connectivity index (χ4v) is 10.0. The molecule has 6 N–H and O–H groups in total. The van der Waals surface area contributed by atoms with Gasteiger partial charge in [0.15, 0.2) is 12.4 Å². The molecule has 1 fully saturated rings. The smallest absolute Gasteiger partial charge is 0.306 e. The molecule has 0 spiro atoms. The highest BCUT2D eigenvalue weighted by Gasteiger charge is 2.47. The summed E-state index contributed by atoms with van der Waals surface area (Å²) in [7, 11) is 0. The number of carbonyl (C=O) groups excluding carboxylic acids is 2. The lowest BCUT2D eigenvalue weighted by atomic mass is 9.99. The zero-order valence-electron chi connectivity index (χ0n) is 48.7. The second kappa shape index (κ2) is 52.6. The van der Waals surface area contributed by atoms with Gasteiger partial charge in [-0.05, 0) is 44.9 Å². The van der Waals surface area contributed by atoms with Crippen molar-refractivity contribution in [3.05, 3.63) is 36.5 Å². The Balaban J connectivity index is 2.68. The first kappa shape index (κ1) is 70.9. The number of aliphatic hydroxyl groups excluding tert-OH is 5. The fourth-order valence-electron chi connectivity index (χ4n) is 10.0. The van der Waals surface area contributed by atoms with Crippen LogP contribution in [0.1, 0.15) is 297 Å². The molecule has 75 heavy (non-hydrogen) atoms. The summed E-state index contributed by atoms with van der Waals surface area (Å²) in [5.74, 6) is -1.26. The van der Waals surface area contributed by atoms with Gasteiger partial charge in [-0.2, -0.15) is 0 Å². The highest BCUT2D eigenvalue weighted by molar-refractivity contribution is 5.80. The van der Waals surface area contributed by atoms with E-state index in [1.54, 1.807) is 6.08 Å². The minimum Gasteiger partial charge on any atom is -0.454 e. The van der Waals surface area contributed by atoms with Gasteiger partial charge in [-0.25, -0.2) is 0 Å². The van der Waals surface area contributed by atoms with Crippen molar-refractivity contribution in [2.24, 2.45) is 0 Å². The minimum absolute atomic E-state index is 0.0200. The molecule has 11 nitrogen and oxygen atoms in total. The lowest BCUT2D eigenvalue weighted by Gasteiger charge is -2.41. The standard InChI is InChI=1S/C64H119NO10/c1-4-7-10-13-16-19-22-25-26-27-28-29-30-31-34-36-39-42-45-48-51-57(68)63(72)65-55(56(67)50-47-44-41-38-35-32-23-20-17-14-11-8-5-2)54-73-64-62(61(71)60(70)58(53-66)74-64)75-59(69)52-49-46-43-40-37-33-24-21-18-15-12-9-6-3/h33,37,43,46-47,50,55-58,60-62,64,66-68,70-71H,4-32,34-36,38-42,44-45,48-49,51-54H2,1-3H3,(H,65,72)/b37-33-,46-43+,50-47+. The van der Waals surface area contributed by atoms with E-state index in [0.717, 1.165) is 51.4 Å². The zero-order chi connectivity index (χ0) is 54.7. The molecule has 0 aromatic heterocycles. The highest BCUT2D eigenvalue weighted by Crippen LogP contribution is 2.26. The highest BCUT2D eigenvalue weighted by atomic mass is 16.7. The number of unbranched alkanes of at least 4 members (excludes halogenated alkanes) is 36. The molecule has 440 valence electrons. The van der Waals surface area contributed by atoms with Gasteiger partial charge in [-0.15, -0.1) is 0 Å². The summed E-state index contributed by atoms with van der Waals surface area (Å²) < 4.78 is 17.5. The molecule has 1 amide bonds. The van der Waals surface area contributed by atoms with Crippen molar-refractivity contribution in [3.63, 3.8) is 0 Å². The van der Waals surface area contributed by atoms with Gasteiger partial charge in [-0.1, -0.05) is 282 Å². The van der Waals surface area contributed by atoms with E-state index < -0.39 is 67.4 Å². The maximum atomic E-state index is 13.4. The number of esters is 1. The molecular formula is C64H119NO10. The van der Waals surface area contributed by atoms with Gasteiger partial charge >= 0.3 is 5.97 Å². The number of carbonyl (C=O) groups is 2. The minimum atomic E-state index is -1.63. The van der Waals surface area contributed by atoms with Crippen LogP contribution >= 0.6 is 0 Å². The molecule has 1 aliphatic rings. The third-order valence-electron chi connectivity index (χ3n) is 15.1. The van der Waals surface area contributed by atoms with Crippen LogP contribution in [0.2, 0.25) is 0 Å². The van der Waals surface area contributed by atoms with Crippen LogP contribution in [-0.2, 0) is 23.8 Å². The van der Waals surface area contributed by atoms with Gasteiger partial charge in [0.05, 0.1) is 25.4 Å². The van der Waals surface area contributed by atoms with Crippen LogP contribution in [0.4, 0.5) is 0 Å². The van der Waals surface area contributed by atoms with Crippen LogP contribution < -0.4 is 5.32 Å². The summed E-state index contributed by atoms with van der Waals surface area (Å²) >= 11 is 0. The molecule has 0 aliphatic carbocycles. The van der Waals surface area contributed by atoms with Gasteiger partial charge in [0, 0.05) is 6.42 Å². The molecule has 1 heterocycles. The number of allylic oxidation sites excluding steroid dienone is 5. The Morgan fingerprint density at radius 2 is 0.920 bits per heavy atom. The predicted octanol–water partition coefficient (Wildman–Crippen LogP) is 15.1. The SMILES string of the molecule is CCCCCCCC/C=C\C/C=C/CCC(=O)OC1C(OCC(NC(=O)C(O)CCCCCCCCCCCCCCCCCCCCCC)C(O)/C=C/CCCCCCCCCCCCC)OC(CO)C(O)C1O. The lowest BCUT2D eigenvalue weighted by Crippen LogP contribution is -2.61. The number of hydrogen-bond acceptors (Lipinski definition) is 10. The Morgan fingerprint density at radius 1 is 0.520 bits per heavy atom. The molecule has 0 bridgehead atoms. The van der Waals surface area contributed by atoms with E-state index in [9.17, 15) is 35.1 Å². The van der Waals surface area contributed by atoms with Crippen LogP contribution in [0, 0.1) is 0 Å². The first-order valence-corrected chi connectivity index (χ1v) is 31.8. The molecule has 0 aromatic rings. The van der Waals surface area contributed by atoms with Crippen molar-refractivity contribution >= 4 is 11.9 Å². The third-order valence-corrected chi connectivity index (χ3v) is 15.1. The van der Waals surface area contributed by atoms with Gasteiger partial charge in [-0.3, -0.25) is 9.59 Å². The van der Waals surface area contributed by atoms with E-state index in [4.69, 9.17) is 14.2 Å². The molecule has 8 atom stereocenters. The van der Waals surface area contributed by atoms with E-state index in [1.165, 1.54) is 199 Å². The van der Waals surface area contributed by atoms with Crippen LogP contribution in [0.25, 0.3) is 0 Å². The Labute approximate surface area is 460 Å². The summed E-state index contributed by atoms with van der Waals surface area (Å²) in [6, 6.07) is -1.03. The van der Waals surface area contributed by atoms with E-state index >= 15 is 0 Å². The van der Waals surface area contributed by atoms with E-state index in [2.05, 4.69) is 38.2 Å². The third kappa shape index (κ3) is 40.7. The molecule has 11 heteroatoms. The molecule has 1 rings (SSSR count). The van der Waals surface area contributed by atoms with Gasteiger partial charge in [0.25, 0.3) is 0 Å². The van der Waals surface area contributed by atoms with Crippen molar-refractivity contribution in [1.29, 1.82) is 0 Å². The molecule has 8 unspecified atom stereocenters. The van der Waals surface area contributed by atoms with Gasteiger partial charge in [0.2, 0.25) is 5.91 Å².